The van der Waals surface area contributed by atoms with Crippen molar-refractivity contribution in [3.05, 3.63) is 29.8 Å². The number of rotatable bonds is 5. The molecule has 1 aromatic rings. The summed E-state index contributed by atoms with van der Waals surface area (Å²) >= 11 is 0. The standard InChI is InChI=1S/C16H22O2/c1-2-11-18-15-9-7-13(8-10-15)12-14-5-3-4-6-16(14)17/h7-10,14H,2-6,11-12H2,1H3. The van der Waals surface area contributed by atoms with Crippen LogP contribution in [0.1, 0.15) is 44.6 Å². The van der Waals surface area contributed by atoms with Gasteiger partial charge >= 0.3 is 0 Å². The van der Waals surface area contributed by atoms with Gasteiger partial charge in [0.1, 0.15) is 11.5 Å². The Morgan fingerprint density at radius 1 is 1.22 bits per heavy atom. The molecule has 0 radical (unpaired) electrons. The lowest BCUT2D eigenvalue weighted by Gasteiger charge is -2.20. The Balaban J connectivity index is 1.91. The molecule has 2 rings (SSSR count). The molecule has 0 amide bonds. The fourth-order valence-electron chi connectivity index (χ4n) is 2.50. The second-order valence-corrected chi connectivity index (χ2v) is 5.11. The van der Waals surface area contributed by atoms with E-state index in [2.05, 4.69) is 19.1 Å². The van der Waals surface area contributed by atoms with Gasteiger partial charge in [0.05, 0.1) is 6.61 Å². The number of benzene rings is 1. The van der Waals surface area contributed by atoms with Crippen LogP contribution in [0, 0.1) is 5.92 Å². The quantitative estimate of drug-likeness (QED) is 0.790. The zero-order valence-corrected chi connectivity index (χ0v) is 11.2. The largest absolute Gasteiger partial charge is 0.494 e. The van der Waals surface area contributed by atoms with Crippen molar-refractivity contribution >= 4 is 5.78 Å². The summed E-state index contributed by atoms with van der Waals surface area (Å²) in [6.45, 7) is 2.86. The molecule has 2 nitrogen and oxygen atoms in total. The number of hydrogen-bond donors (Lipinski definition) is 0. The van der Waals surface area contributed by atoms with Crippen molar-refractivity contribution in [1.82, 2.24) is 0 Å². The average molecular weight is 246 g/mol. The lowest BCUT2D eigenvalue weighted by Crippen LogP contribution is -2.20. The van der Waals surface area contributed by atoms with Gasteiger partial charge in [-0.05, 0) is 43.4 Å². The second kappa shape index (κ2) is 6.58. The molecule has 18 heavy (non-hydrogen) atoms. The highest BCUT2D eigenvalue weighted by atomic mass is 16.5. The molecule has 0 saturated heterocycles. The van der Waals surface area contributed by atoms with Crippen molar-refractivity contribution in [3.63, 3.8) is 0 Å². The van der Waals surface area contributed by atoms with E-state index in [1.54, 1.807) is 0 Å². The number of ether oxygens (including phenoxy) is 1. The van der Waals surface area contributed by atoms with Gasteiger partial charge in [-0.15, -0.1) is 0 Å². The summed E-state index contributed by atoms with van der Waals surface area (Å²) in [5, 5.41) is 0. The maximum absolute atomic E-state index is 11.8. The Labute approximate surface area is 109 Å². The van der Waals surface area contributed by atoms with Crippen LogP contribution in [0.2, 0.25) is 0 Å². The Morgan fingerprint density at radius 3 is 2.67 bits per heavy atom. The first kappa shape index (κ1) is 13.1. The monoisotopic (exact) mass is 246 g/mol. The highest BCUT2D eigenvalue weighted by Gasteiger charge is 2.22. The first-order chi connectivity index (χ1) is 8.79. The SMILES string of the molecule is CCCOc1ccc(CC2CCCCC2=O)cc1. The molecular weight excluding hydrogens is 224 g/mol. The van der Waals surface area contributed by atoms with Crippen molar-refractivity contribution in [2.45, 2.75) is 45.4 Å². The van der Waals surface area contributed by atoms with E-state index >= 15 is 0 Å². The van der Waals surface area contributed by atoms with E-state index < -0.39 is 0 Å². The van der Waals surface area contributed by atoms with Crippen LogP contribution in [0.4, 0.5) is 0 Å². The molecule has 1 aliphatic rings. The minimum atomic E-state index is 0.251. The van der Waals surface area contributed by atoms with E-state index in [4.69, 9.17) is 4.74 Å². The Bertz CT molecular complexity index is 381. The molecular formula is C16H22O2. The summed E-state index contributed by atoms with van der Waals surface area (Å²) < 4.78 is 5.55. The predicted molar refractivity (Wildman–Crippen MR) is 72.9 cm³/mol. The van der Waals surface area contributed by atoms with Gasteiger partial charge < -0.3 is 4.74 Å². The first-order valence-electron chi connectivity index (χ1n) is 7.04. The van der Waals surface area contributed by atoms with Crippen LogP contribution < -0.4 is 4.74 Å². The number of ketones is 1. The van der Waals surface area contributed by atoms with E-state index in [-0.39, 0.29) is 5.92 Å². The fourth-order valence-corrected chi connectivity index (χ4v) is 2.50. The van der Waals surface area contributed by atoms with Gasteiger partial charge in [0, 0.05) is 12.3 Å². The molecule has 98 valence electrons. The summed E-state index contributed by atoms with van der Waals surface area (Å²) in [5.41, 5.74) is 1.25. The minimum Gasteiger partial charge on any atom is -0.494 e. The highest BCUT2D eigenvalue weighted by molar-refractivity contribution is 5.81. The van der Waals surface area contributed by atoms with Gasteiger partial charge in [-0.1, -0.05) is 25.5 Å². The lowest BCUT2D eigenvalue weighted by atomic mass is 9.84. The molecule has 1 saturated carbocycles. The lowest BCUT2D eigenvalue weighted by molar-refractivity contribution is -0.124. The summed E-state index contributed by atoms with van der Waals surface area (Å²) in [4.78, 5) is 11.8. The Morgan fingerprint density at radius 2 is 2.00 bits per heavy atom. The van der Waals surface area contributed by atoms with Crippen LogP contribution in [0.5, 0.6) is 5.75 Å². The molecule has 1 atom stereocenters. The van der Waals surface area contributed by atoms with Crippen LogP contribution >= 0.6 is 0 Å². The average Bonchev–Trinajstić information content (AvgIpc) is 2.41. The minimum absolute atomic E-state index is 0.251. The first-order valence-corrected chi connectivity index (χ1v) is 7.04. The van der Waals surface area contributed by atoms with Crippen molar-refractivity contribution in [2.24, 2.45) is 5.92 Å². The van der Waals surface area contributed by atoms with Gasteiger partial charge in [0.25, 0.3) is 0 Å². The second-order valence-electron chi connectivity index (χ2n) is 5.11. The third kappa shape index (κ3) is 3.59. The van der Waals surface area contributed by atoms with Gasteiger partial charge in [0.15, 0.2) is 0 Å². The fraction of sp³-hybridized carbons (Fsp3) is 0.562. The molecule has 1 aliphatic carbocycles. The molecule has 0 aromatic heterocycles. The summed E-state index contributed by atoms with van der Waals surface area (Å²) in [5.74, 6) is 1.63. The highest BCUT2D eigenvalue weighted by Crippen LogP contribution is 2.25. The maximum Gasteiger partial charge on any atom is 0.136 e. The van der Waals surface area contributed by atoms with E-state index in [0.29, 0.717) is 5.78 Å². The number of carbonyl (C=O) groups is 1. The molecule has 1 aromatic carbocycles. The summed E-state index contributed by atoms with van der Waals surface area (Å²) in [7, 11) is 0. The molecule has 0 aliphatic heterocycles. The zero-order valence-electron chi connectivity index (χ0n) is 11.2. The number of hydrogen-bond acceptors (Lipinski definition) is 2. The Kier molecular flexibility index (Phi) is 4.80. The molecule has 0 heterocycles. The van der Waals surface area contributed by atoms with Crippen molar-refractivity contribution in [3.8, 4) is 5.75 Å². The van der Waals surface area contributed by atoms with Crippen LogP contribution in [0.25, 0.3) is 0 Å². The molecule has 0 N–H and O–H groups in total. The van der Waals surface area contributed by atoms with Crippen molar-refractivity contribution < 1.29 is 9.53 Å². The predicted octanol–water partition coefficient (Wildman–Crippen LogP) is 3.78. The molecule has 1 fully saturated rings. The Hall–Kier alpha value is -1.31. The normalized spacial score (nSPS) is 19.8. The van der Waals surface area contributed by atoms with Gasteiger partial charge in [-0.2, -0.15) is 0 Å². The molecule has 1 unspecified atom stereocenters. The maximum atomic E-state index is 11.8. The van der Waals surface area contributed by atoms with Crippen molar-refractivity contribution in [2.75, 3.05) is 6.61 Å². The third-order valence-electron chi connectivity index (χ3n) is 3.56. The van der Waals surface area contributed by atoms with E-state index in [1.165, 1.54) is 12.0 Å². The van der Waals surface area contributed by atoms with Crippen molar-refractivity contribution in [1.29, 1.82) is 0 Å². The van der Waals surface area contributed by atoms with Crippen LogP contribution in [-0.2, 0) is 11.2 Å². The molecule has 0 spiro atoms. The van der Waals surface area contributed by atoms with Gasteiger partial charge in [-0.25, -0.2) is 0 Å². The van der Waals surface area contributed by atoms with Crippen LogP contribution in [-0.4, -0.2) is 12.4 Å². The smallest absolute Gasteiger partial charge is 0.136 e. The molecule has 2 heteroatoms. The third-order valence-corrected chi connectivity index (χ3v) is 3.56. The van der Waals surface area contributed by atoms with Crippen LogP contribution in [0.3, 0.4) is 0 Å². The topological polar surface area (TPSA) is 26.3 Å². The van der Waals surface area contributed by atoms with E-state index in [0.717, 1.165) is 44.5 Å². The number of Topliss-reactive ketones (excluding diaryl/α,β-unsaturated/α-hetero) is 1. The van der Waals surface area contributed by atoms with Gasteiger partial charge in [0.2, 0.25) is 0 Å². The summed E-state index contributed by atoms with van der Waals surface area (Å²) in [6, 6.07) is 8.20. The molecule has 0 bridgehead atoms. The van der Waals surface area contributed by atoms with Crippen LogP contribution in [0.15, 0.2) is 24.3 Å². The summed E-state index contributed by atoms with van der Waals surface area (Å²) in [6.07, 6.45) is 6.05. The zero-order chi connectivity index (χ0) is 12.8. The number of carbonyl (C=O) groups excluding carboxylic acids is 1. The van der Waals surface area contributed by atoms with E-state index in [1.807, 2.05) is 12.1 Å². The van der Waals surface area contributed by atoms with E-state index in [9.17, 15) is 4.79 Å². The van der Waals surface area contributed by atoms with Gasteiger partial charge in [-0.3, -0.25) is 4.79 Å².